The van der Waals surface area contributed by atoms with Gasteiger partial charge in [0.2, 0.25) is 0 Å². The smallest absolute Gasteiger partial charge is 0.141 e. The normalized spacial score (nSPS) is 10.7. The Kier molecular flexibility index (Phi) is 3.86. The number of nitrogen functional groups attached to an aromatic ring is 1. The summed E-state index contributed by atoms with van der Waals surface area (Å²) >= 11 is 1.68. The minimum Gasteiger partial charge on any atom is -0.495 e. The number of benzene rings is 2. The maximum Gasteiger partial charge on any atom is 0.141 e. The number of hydrogen-bond donors (Lipinski definition) is 1. The molecule has 0 aliphatic heterocycles. The lowest BCUT2D eigenvalue weighted by molar-refractivity contribution is 0.417. The van der Waals surface area contributed by atoms with Gasteiger partial charge in [-0.3, -0.25) is 0 Å². The Balaban J connectivity index is 2.02. The minimum absolute atomic E-state index is 0.629. The molecule has 0 atom stereocenters. The van der Waals surface area contributed by atoms with Crippen molar-refractivity contribution in [2.75, 3.05) is 12.8 Å². The molecule has 0 unspecified atom stereocenters. The molecule has 0 radical (unpaired) electrons. The van der Waals surface area contributed by atoms with E-state index < -0.39 is 0 Å². The maximum atomic E-state index is 5.99. The molecule has 2 N–H and O–H groups in total. The van der Waals surface area contributed by atoms with Gasteiger partial charge in [0.25, 0.3) is 0 Å². The molecule has 112 valence electrons. The monoisotopic (exact) mass is 310 g/mol. The van der Waals surface area contributed by atoms with E-state index in [1.165, 1.54) is 10.4 Å². The van der Waals surface area contributed by atoms with Crippen molar-refractivity contribution >= 4 is 17.0 Å². The number of thiazole rings is 1. The van der Waals surface area contributed by atoms with Gasteiger partial charge in [-0.25, -0.2) is 4.98 Å². The van der Waals surface area contributed by atoms with Gasteiger partial charge in [-0.05, 0) is 32.0 Å². The third-order valence-electron chi connectivity index (χ3n) is 3.60. The lowest BCUT2D eigenvalue weighted by Gasteiger charge is -2.05. The van der Waals surface area contributed by atoms with E-state index in [4.69, 9.17) is 15.5 Å². The van der Waals surface area contributed by atoms with Crippen LogP contribution in [-0.2, 0) is 0 Å². The number of methoxy groups -OCH3 is 1. The molecule has 0 amide bonds. The highest BCUT2D eigenvalue weighted by Gasteiger charge is 2.12. The lowest BCUT2D eigenvalue weighted by Crippen LogP contribution is -1.92. The van der Waals surface area contributed by atoms with Crippen molar-refractivity contribution < 1.29 is 4.74 Å². The van der Waals surface area contributed by atoms with Crippen LogP contribution in [0, 0.1) is 13.8 Å². The Morgan fingerprint density at radius 2 is 1.68 bits per heavy atom. The number of anilines is 1. The van der Waals surface area contributed by atoms with Crippen LogP contribution in [0.3, 0.4) is 0 Å². The van der Waals surface area contributed by atoms with Crippen LogP contribution in [0.5, 0.6) is 5.75 Å². The second kappa shape index (κ2) is 5.81. The zero-order valence-corrected chi connectivity index (χ0v) is 13.7. The zero-order chi connectivity index (χ0) is 15.7. The van der Waals surface area contributed by atoms with E-state index >= 15 is 0 Å². The molecule has 2 aromatic carbocycles. The summed E-state index contributed by atoms with van der Waals surface area (Å²) in [5.41, 5.74) is 11.1. The molecule has 0 fully saturated rings. The molecule has 3 rings (SSSR count). The number of aryl methyl sites for hydroxylation is 2. The highest BCUT2D eigenvalue weighted by molar-refractivity contribution is 7.15. The van der Waals surface area contributed by atoms with Gasteiger partial charge in [0.15, 0.2) is 0 Å². The first-order chi connectivity index (χ1) is 10.6. The predicted octanol–water partition coefficient (Wildman–Crippen LogP) is 4.68. The molecule has 0 aliphatic carbocycles. The molecule has 4 heteroatoms. The quantitative estimate of drug-likeness (QED) is 0.714. The minimum atomic E-state index is 0.629. The molecule has 0 bridgehead atoms. The number of nitrogens with two attached hydrogens (primary N) is 1. The van der Waals surface area contributed by atoms with E-state index in [1.807, 2.05) is 18.2 Å². The van der Waals surface area contributed by atoms with Crippen LogP contribution in [0.1, 0.15) is 10.4 Å². The summed E-state index contributed by atoms with van der Waals surface area (Å²) in [7, 11) is 1.62. The van der Waals surface area contributed by atoms with Gasteiger partial charge in [0, 0.05) is 16.0 Å². The lowest BCUT2D eigenvalue weighted by atomic mass is 10.1. The first-order valence-electron chi connectivity index (χ1n) is 7.07. The molecule has 1 aromatic heterocycles. The van der Waals surface area contributed by atoms with Gasteiger partial charge < -0.3 is 10.5 Å². The van der Waals surface area contributed by atoms with Crippen molar-refractivity contribution in [3.8, 4) is 27.6 Å². The largest absolute Gasteiger partial charge is 0.495 e. The summed E-state index contributed by atoms with van der Waals surface area (Å²) in [5.74, 6) is 0.691. The van der Waals surface area contributed by atoms with Gasteiger partial charge in [-0.15, -0.1) is 11.3 Å². The average molecular weight is 310 g/mol. The standard InChI is InChI=1S/C18H18N2OS/c1-11-4-6-13(7-5-11)17-12(2)22-18(20-17)14-8-9-16(21-3)15(19)10-14/h4-10H,19H2,1-3H3. The summed E-state index contributed by atoms with van der Waals surface area (Å²) in [6.45, 7) is 4.19. The van der Waals surface area contributed by atoms with Crippen LogP contribution in [-0.4, -0.2) is 12.1 Å². The number of nitrogens with zero attached hydrogens (tertiary/aromatic N) is 1. The third kappa shape index (κ3) is 2.70. The molecular weight excluding hydrogens is 292 g/mol. The van der Waals surface area contributed by atoms with Gasteiger partial charge >= 0.3 is 0 Å². The van der Waals surface area contributed by atoms with E-state index in [-0.39, 0.29) is 0 Å². The summed E-state index contributed by atoms with van der Waals surface area (Å²) < 4.78 is 5.20. The highest BCUT2D eigenvalue weighted by atomic mass is 32.1. The van der Waals surface area contributed by atoms with Crippen LogP contribution in [0.4, 0.5) is 5.69 Å². The molecule has 22 heavy (non-hydrogen) atoms. The van der Waals surface area contributed by atoms with Gasteiger partial charge in [0.05, 0.1) is 18.5 Å². The molecule has 0 saturated carbocycles. The Bertz CT molecular complexity index is 806. The second-order valence-electron chi connectivity index (χ2n) is 5.25. The Hall–Kier alpha value is -2.33. The predicted molar refractivity (Wildman–Crippen MR) is 93.4 cm³/mol. The molecule has 0 saturated heterocycles. The molecule has 0 aliphatic rings. The fourth-order valence-corrected chi connectivity index (χ4v) is 3.30. The molecule has 0 spiro atoms. The van der Waals surface area contributed by atoms with Gasteiger partial charge in [0.1, 0.15) is 10.8 Å². The van der Waals surface area contributed by atoms with Crippen molar-refractivity contribution in [1.82, 2.24) is 4.98 Å². The SMILES string of the molecule is COc1ccc(-c2nc(-c3ccc(C)cc3)c(C)s2)cc1N. The van der Waals surface area contributed by atoms with Gasteiger partial charge in [-0.2, -0.15) is 0 Å². The average Bonchev–Trinajstić information content (AvgIpc) is 2.90. The van der Waals surface area contributed by atoms with Crippen molar-refractivity contribution in [2.24, 2.45) is 0 Å². The Morgan fingerprint density at radius 1 is 1.00 bits per heavy atom. The fourth-order valence-electron chi connectivity index (χ4n) is 2.37. The van der Waals surface area contributed by atoms with Crippen LogP contribution in [0.15, 0.2) is 42.5 Å². The fraction of sp³-hybridized carbons (Fsp3) is 0.167. The number of ether oxygens (including phenoxy) is 1. The van der Waals surface area contributed by atoms with E-state index in [0.29, 0.717) is 11.4 Å². The highest BCUT2D eigenvalue weighted by Crippen LogP contribution is 2.35. The molecule has 3 aromatic rings. The van der Waals surface area contributed by atoms with Crippen molar-refractivity contribution in [2.45, 2.75) is 13.8 Å². The number of aromatic nitrogens is 1. The molecule has 3 nitrogen and oxygen atoms in total. The van der Waals surface area contributed by atoms with Crippen LogP contribution >= 0.6 is 11.3 Å². The summed E-state index contributed by atoms with van der Waals surface area (Å²) in [6.07, 6.45) is 0. The summed E-state index contributed by atoms with van der Waals surface area (Å²) in [6, 6.07) is 14.2. The zero-order valence-electron chi connectivity index (χ0n) is 12.9. The van der Waals surface area contributed by atoms with Crippen molar-refractivity contribution in [3.05, 3.63) is 52.9 Å². The number of rotatable bonds is 3. The molecular formula is C18H18N2OS. The summed E-state index contributed by atoms with van der Waals surface area (Å²) in [5, 5.41) is 0.974. The van der Waals surface area contributed by atoms with E-state index in [1.54, 1.807) is 18.4 Å². The molecule has 1 heterocycles. The van der Waals surface area contributed by atoms with E-state index in [2.05, 4.69) is 38.1 Å². The number of hydrogen-bond acceptors (Lipinski definition) is 4. The Labute approximate surface area is 134 Å². The van der Waals surface area contributed by atoms with E-state index in [0.717, 1.165) is 21.8 Å². The second-order valence-corrected chi connectivity index (χ2v) is 6.45. The maximum absolute atomic E-state index is 5.99. The van der Waals surface area contributed by atoms with Crippen LogP contribution in [0.2, 0.25) is 0 Å². The topological polar surface area (TPSA) is 48.1 Å². The van der Waals surface area contributed by atoms with Crippen LogP contribution in [0.25, 0.3) is 21.8 Å². The van der Waals surface area contributed by atoms with Crippen molar-refractivity contribution in [1.29, 1.82) is 0 Å². The van der Waals surface area contributed by atoms with Crippen molar-refractivity contribution in [3.63, 3.8) is 0 Å². The first-order valence-corrected chi connectivity index (χ1v) is 7.88. The van der Waals surface area contributed by atoms with Crippen LogP contribution < -0.4 is 10.5 Å². The Morgan fingerprint density at radius 3 is 2.32 bits per heavy atom. The summed E-state index contributed by atoms with van der Waals surface area (Å²) in [4.78, 5) is 6.00. The third-order valence-corrected chi connectivity index (χ3v) is 4.62. The van der Waals surface area contributed by atoms with E-state index in [9.17, 15) is 0 Å². The van der Waals surface area contributed by atoms with Gasteiger partial charge in [-0.1, -0.05) is 29.8 Å². The first kappa shape index (κ1) is 14.6.